The molecule has 18 heavy (non-hydrogen) atoms. The molecule has 0 unspecified atom stereocenters. The highest BCUT2D eigenvalue weighted by Crippen LogP contribution is 2.29. The molecule has 0 saturated carbocycles. The summed E-state index contributed by atoms with van der Waals surface area (Å²) in [7, 11) is 0. The van der Waals surface area contributed by atoms with Gasteiger partial charge in [0.15, 0.2) is 0 Å². The molecule has 0 amide bonds. The summed E-state index contributed by atoms with van der Waals surface area (Å²) in [5, 5.41) is 3.43. The molecule has 1 aromatic carbocycles. The minimum absolute atomic E-state index is 0.0707. The van der Waals surface area contributed by atoms with E-state index in [1.165, 1.54) is 5.56 Å². The summed E-state index contributed by atoms with van der Waals surface area (Å²) >= 11 is 0. The lowest BCUT2D eigenvalue weighted by molar-refractivity contribution is 0.455. The van der Waals surface area contributed by atoms with Gasteiger partial charge in [-0.2, -0.15) is 0 Å². The quantitative estimate of drug-likeness (QED) is 0.750. The number of nitrogens with one attached hydrogen (secondary N) is 1. The summed E-state index contributed by atoms with van der Waals surface area (Å²) in [6.07, 6.45) is 2.23. The highest BCUT2D eigenvalue weighted by atomic mass is 19.1. The molecule has 0 saturated heterocycles. The number of hydrogen-bond donors (Lipinski definition) is 1. The second kappa shape index (κ2) is 6.33. The summed E-state index contributed by atoms with van der Waals surface area (Å²) in [5.74, 6) is -0.0707. The van der Waals surface area contributed by atoms with Crippen molar-refractivity contribution >= 4 is 0 Å². The zero-order chi connectivity index (χ0) is 13.8. The highest BCUT2D eigenvalue weighted by molar-refractivity contribution is 5.34. The van der Waals surface area contributed by atoms with E-state index in [0.717, 1.165) is 37.1 Å². The van der Waals surface area contributed by atoms with Gasteiger partial charge < -0.3 is 5.32 Å². The van der Waals surface area contributed by atoms with Crippen LogP contribution in [0.25, 0.3) is 0 Å². The molecule has 0 aliphatic heterocycles. The van der Waals surface area contributed by atoms with Gasteiger partial charge in [-0.15, -0.1) is 0 Å². The number of benzene rings is 1. The van der Waals surface area contributed by atoms with Crippen LogP contribution in [-0.2, 0) is 5.41 Å². The number of halogens is 1. The summed E-state index contributed by atoms with van der Waals surface area (Å²) in [5.41, 5.74) is 2.82. The van der Waals surface area contributed by atoms with Crippen molar-refractivity contribution in [3.63, 3.8) is 0 Å². The number of hydrogen-bond acceptors (Lipinski definition) is 1. The second-order valence-corrected chi connectivity index (χ2v) is 5.81. The smallest absolute Gasteiger partial charge is 0.129 e. The zero-order valence-electron chi connectivity index (χ0n) is 12.4. The molecule has 1 aromatic rings. The van der Waals surface area contributed by atoms with E-state index in [0.29, 0.717) is 0 Å². The van der Waals surface area contributed by atoms with Gasteiger partial charge in [0, 0.05) is 0 Å². The lowest BCUT2D eigenvalue weighted by Crippen LogP contribution is -2.26. The minimum atomic E-state index is -0.0707. The Labute approximate surface area is 111 Å². The molecular weight excluding hydrogens is 225 g/mol. The van der Waals surface area contributed by atoms with Gasteiger partial charge in [-0.3, -0.25) is 0 Å². The molecule has 0 spiro atoms. The fourth-order valence-electron chi connectivity index (χ4n) is 2.18. The third-order valence-corrected chi connectivity index (χ3v) is 3.57. The molecular formula is C16H26FN. The van der Waals surface area contributed by atoms with Crippen molar-refractivity contribution < 1.29 is 4.39 Å². The molecule has 0 atom stereocenters. The first-order valence-electron chi connectivity index (χ1n) is 6.86. The van der Waals surface area contributed by atoms with Gasteiger partial charge >= 0.3 is 0 Å². The van der Waals surface area contributed by atoms with Crippen LogP contribution >= 0.6 is 0 Å². The molecule has 0 aliphatic rings. The van der Waals surface area contributed by atoms with Crippen LogP contribution in [0.3, 0.4) is 0 Å². The van der Waals surface area contributed by atoms with Crippen molar-refractivity contribution in [1.82, 2.24) is 5.32 Å². The standard InChI is InChI=1S/C16H26FN/c1-6-8-18-9-7-16(4,5)14-10-12(2)15(17)13(3)11-14/h10-11,18H,6-9H2,1-5H3. The monoisotopic (exact) mass is 251 g/mol. The minimum Gasteiger partial charge on any atom is -0.317 e. The Morgan fingerprint density at radius 3 is 2.17 bits per heavy atom. The van der Waals surface area contributed by atoms with E-state index in [1.54, 1.807) is 0 Å². The van der Waals surface area contributed by atoms with Crippen molar-refractivity contribution in [3.05, 3.63) is 34.6 Å². The topological polar surface area (TPSA) is 12.0 Å². The van der Waals surface area contributed by atoms with Gasteiger partial charge in [-0.05, 0) is 61.9 Å². The first kappa shape index (κ1) is 15.2. The molecule has 1 nitrogen and oxygen atoms in total. The normalized spacial score (nSPS) is 11.9. The third-order valence-electron chi connectivity index (χ3n) is 3.57. The lowest BCUT2D eigenvalue weighted by Gasteiger charge is -2.26. The maximum absolute atomic E-state index is 13.6. The van der Waals surface area contributed by atoms with Gasteiger partial charge in [0.2, 0.25) is 0 Å². The van der Waals surface area contributed by atoms with E-state index in [1.807, 2.05) is 26.0 Å². The summed E-state index contributed by atoms with van der Waals surface area (Å²) < 4.78 is 13.6. The van der Waals surface area contributed by atoms with E-state index in [4.69, 9.17) is 0 Å². The number of rotatable bonds is 6. The van der Waals surface area contributed by atoms with Crippen LogP contribution in [0.4, 0.5) is 4.39 Å². The molecule has 102 valence electrons. The molecule has 2 heteroatoms. The number of aryl methyl sites for hydroxylation is 2. The summed E-state index contributed by atoms with van der Waals surface area (Å²) in [6, 6.07) is 3.98. The van der Waals surface area contributed by atoms with Gasteiger partial charge in [0.1, 0.15) is 5.82 Å². The Kier molecular flexibility index (Phi) is 5.33. The van der Waals surface area contributed by atoms with E-state index >= 15 is 0 Å². The average Bonchev–Trinajstić information content (AvgIpc) is 2.31. The molecule has 1 rings (SSSR count). The van der Waals surface area contributed by atoms with E-state index in [9.17, 15) is 4.39 Å². The fraction of sp³-hybridized carbons (Fsp3) is 0.625. The first-order chi connectivity index (χ1) is 8.38. The molecule has 0 aliphatic carbocycles. The summed E-state index contributed by atoms with van der Waals surface area (Å²) in [4.78, 5) is 0. The molecule has 1 N–H and O–H groups in total. The SMILES string of the molecule is CCCNCCC(C)(C)c1cc(C)c(F)c(C)c1. The Hall–Kier alpha value is -0.890. The maximum Gasteiger partial charge on any atom is 0.129 e. The van der Waals surface area contributed by atoms with Crippen molar-refractivity contribution in [3.8, 4) is 0 Å². The van der Waals surface area contributed by atoms with Crippen molar-refractivity contribution in [2.75, 3.05) is 13.1 Å². The Balaban J connectivity index is 2.78. The van der Waals surface area contributed by atoms with Crippen LogP contribution in [0, 0.1) is 19.7 Å². The molecule has 0 bridgehead atoms. The first-order valence-corrected chi connectivity index (χ1v) is 6.86. The van der Waals surface area contributed by atoms with E-state index in [-0.39, 0.29) is 11.2 Å². The van der Waals surface area contributed by atoms with E-state index < -0.39 is 0 Å². The Morgan fingerprint density at radius 2 is 1.67 bits per heavy atom. The largest absolute Gasteiger partial charge is 0.317 e. The van der Waals surface area contributed by atoms with Gasteiger partial charge in [-0.25, -0.2) is 4.39 Å². The Bertz CT molecular complexity index is 373. The van der Waals surface area contributed by atoms with Gasteiger partial charge in [-0.1, -0.05) is 32.9 Å². The van der Waals surface area contributed by atoms with Crippen molar-refractivity contribution in [1.29, 1.82) is 0 Å². The zero-order valence-corrected chi connectivity index (χ0v) is 12.4. The average molecular weight is 251 g/mol. The predicted molar refractivity (Wildman–Crippen MR) is 76.7 cm³/mol. The van der Waals surface area contributed by atoms with Crippen LogP contribution in [0.15, 0.2) is 12.1 Å². The molecule has 0 heterocycles. The molecule has 0 fully saturated rings. The Morgan fingerprint density at radius 1 is 1.11 bits per heavy atom. The van der Waals surface area contributed by atoms with Gasteiger partial charge in [0.05, 0.1) is 0 Å². The van der Waals surface area contributed by atoms with Crippen LogP contribution < -0.4 is 5.32 Å². The van der Waals surface area contributed by atoms with Gasteiger partial charge in [0.25, 0.3) is 0 Å². The summed E-state index contributed by atoms with van der Waals surface area (Å²) in [6.45, 7) is 12.4. The molecule has 0 aromatic heterocycles. The van der Waals surface area contributed by atoms with Crippen molar-refractivity contribution in [2.45, 2.75) is 52.9 Å². The lowest BCUT2D eigenvalue weighted by atomic mass is 9.80. The highest BCUT2D eigenvalue weighted by Gasteiger charge is 2.21. The van der Waals surface area contributed by atoms with Crippen molar-refractivity contribution in [2.24, 2.45) is 0 Å². The molecule has 0 radical (unpaired) electrons. The third kappa shape index (κ3) is 3.81. The maximum atomic E-state index is 13.6. The second-order valence-electron chi connectivity index (χ2n) is 5.81. The fourth-order valence-corrected chi connectivity index (χ4v) is 2.18. The van der Waals surface area contributed by atoms with Crippen LogP contribution in [0.1, 0.15) is 50.3 Å². The van der Waals surface area contributed by atoms with Crippen LogP contribution in [-0.4, -0.2) is 13.1 Å². The van der Waals surface area contributed by atoms with E-state index in [2.05, 4.69) is 26.1 Å². The predicted octanol–water partition coefficient (Wildman–Crippen LogP) is 4.11. The van der Waals surface area contributed by atoms with Crippen LogP contribution in [0.2, 0.25) is 0 Å². The van der Waals surface area contributed by atoms with Crippen LogP contribution in [0.5, 0.6) is 0 Å².